The maximum atomic E-state index is 0. The van der Waals surface area contributed by atoms with E-state index in [2.05, 4.69) is 0 Å². The molecule has 0 amide bonds. The van der Waals surface area contributed by atoms with Gasteiger partial charge in [-0.2, -0.15) is 0 Å². The molecule has 3 heteroatoms. The Kier molecular flexibility index (Phi) is 18100. The summed E-state index contributed by atoms with van der Waals surface area (Å²) in [4.78, 5) is 0. The zero-order valence-corrected chi connectivity index (χ0v) is 10.6. The molecule has 0 aromatic heterocycles. The second kappa shape index (κ2) is 343. The monoisotopic (exact) mass is 204 g/mol. The number of hydrogen-bond donors (Lipinski definition) is 0. The third-order valence-corrected chi connectivity index (χ3v) is 0. The fourth-order valence-electron chi connectivity index (χ4n) is 0. The maximum Gasteiger partial charge on any atom is 3.00 e. The van der Waals surface area contributed by atoms with E-state index < -0.39 is 0 Å². The van der Waals surface area contributed by atoms with Gasteiger partial charge in [-0.05, 0) is 0 Å². The van der Waals surface area contributed by atoms with E-state index in [-0.39, 0.29) is 93.5 Å². The van der Waals surface area contributed by atoms with Crippen molar-refractivity contribution in [1.82, 2.24) is 0 Å². The van der Waals surface area contributed by atoms with Crippen LogP contribution in [0.3, 0.4) is 0 Å². The van der Waals surface area contributed by atoms with E-state index in [9.17, 15) is 0 Å². The summed E-state index contributed by atoms with van der Waals surface area (Å²) in [5.41, 5.74) is 0. The van der Waals surface area contributed by atoms with Crippen LogP contribution in [0.5, 0.6) is 0 Å². The first kappa shape index (κ1) is 475. The Balaban J connectivity index is 0. The summed E-state index contributed by atoms with van der Waals surface area (Å²) < 4.78 is 0. The van der Waals surface area contributed by atoms with E-state index in [1.54, 1.807) is 0 Å². The van der Waals surface area contributed by atoms with Gasteiger partial charge in [0.05, 0.1) is 0 Å². The summed E-state index contributed by atoms with van der Waals surface area (Å²) in [6.45, 7) is 0. The molecule has 0 spiro atoms. The van der Waals surface area contributed by atoms with E-state index in [4.69, 9.17) is 0 Å². The maximum absolute atomic E-state index is 0. The van der Waals surface area contributed by atoms with E-state index in [1.165, 1.54) is 0 Å². The van der Waals surface area contributed by atoms with E-state index >= 15 is 0 Å². The fraction of sp³-hybridized carbons (Fsp3) is 0. The van der Waals surface area contributed by atoms with E-state index in [0.29, 0.717) is 0 Å². The van der Waals surface area contributed by atoms with Crippen LogP contribution in [0.2, 0.25) is 0 Å². The molecule has 2 N–H and O–H groups in total. The molecular formula is C6H20OTi2. The first-order chi connectivity index (χ1) is 0. The molecule has 0 unspecified atom stereocenters. The van der Waals surface area contributed by atoms with E-state index in [1.807, 2.05) is 0 Å². The summed E-state index contributed by atoms with van der Waals surface area (Å²) in [5.74, 6) is 0. The third-order valence-electron chi connectivity index (χ3n) is 0. The molecule has 0 bridgehead atoms. The van der Waals surface area contributed by atoms with Crippen LogP contribution in [0.15, 0.2) is 0 Å². The molecule has 0 aliphatic carbocycles. The van der Waals surface area contributed by atoms with Crippen molar-refractivity contribution in [3.63, 3.8) is 0 Å². The van der Waals surface area contributed by atoms with Crippen LogP contribution in [-0.4, -0.2) is 5.48 Å². The zero-order valence-electron chi connectivity index (χ0n) is 7.50. The predicted octanol–water partition coefficient (Wildman–Crippen LogP) is 1.87. The molecular weight excluding hydrogens is 184 g/mol. The molecule has 0 rings (SSSR count). The van der Waals surface area contributed by atoms with Crippen LogP contribution in [0.4, 0.5) is 0 Å². The molecule has 9 heavy (non-hydrogen) atoms. The van der Waals surface area contributed by atoms with E-state index in [0.717, 1.165) is 0 Å². The topological polar surface area (TPSA) is 31.5 Å². The fourth-order valence-corrected chi connectivity index (χ4v) is 0. The first-order valence-corrected chi connectivity index (χ1v) is 0. The molecule has 0 aromatic carbocycles. The molecule has 2 radical (unpaired) electrons. The molecule has 58 valence electrons. The summed E-state index contributed by atoms with van der Waals surface area (Å²) in [5, 5.41) is 0. The second-order valence-electron chi connectivity index (χ2n) is 0. The van der Waals surface area contributed by atoms with Gasteiger partial charge >= 0.3 is 43.4 Å². The van der Waals surface area contributed by atoms with Gasteiger partial charge in [0.15, 0.2) is 0 Å². The molecule has 0 aliphatic heterocycles. The third kappa shape index (κ3) is 266. The normalized spacial score (nSPS) is 0. The Labute approximate surface area is 93.1 Å². The SMILES string of the molecule is O.[CH3-].[CH3-].[CH3-].[CH3-].[CH3-].[CH3-].[Ti+3].[Ti+3]. The summed E-state index contributed by atoms with van der Waals surface area (Å²) >= 11 is 0. The molecule has 0 saturated carbocycles. The number of rotatable bonds is 0. The van der Waals surface area contributed by atoms with Gasteiger partial charge in [0, 0.05) is 0 Å². The van der Waals surface area contributed by atoms with Crippen molar-refractivity contribution in [1.29, 1.82) is 0 Å². The van der Waals surface area contributed by atoms with Crippen LogP contribution in [0.25, 0.3) is 0 Å². The van der Waals surface area contributed by atoms with Crippen LogP contribution >= 0.6 is 0 Å². The van der Waals surface area contributed by atoms with Crippen molar-refractivity contribution in [2.24, 2.45) is 0 Å². The van der Waals surface area contributed by atoms with Gasteiger partial charge in [0.2, 0.25) is 0 Å². The zero-order chi connectivity index (χ0) is 0. The summed E-state index contributed by atoms with van der Waals surface area (Å²) in [6.07, 6.45) is 0. The minimum atomic E-state index is 0. The summed E-state index contributed by atoms with van der Waals surface area (Å²) in [6, 6.07) is 0. The van der Waals surface area contributed by atoms with Crippen molar-refractivity contribution in [3.05, 3.63) is 44.6 Å². The second-order valence-corrected chi connectivity index (χ2v) is 0. The summed E-state index contributed by atoms with van der Waals surface area (Å²) in [7, 11) is 0. The Morgan fingerprint density at radius 3 is 0.333 bits per heavy atom. The average molecular weight is 204 g/mol. The minimum absolute atomic E-state index is 0. The quantitative estimate of drug-likeness (QED) is 0.426. The van der Waals surface area contributed by atoms with Crippen LogP contribution in [0, 0.1) is 44.6 Å². The van der Waals surface area contributed by atoms with Gasteiger partial charge in [0.25, 0.3) is 0 Å². The van der Waals surface area contributed by atoms with Crippen LogP contribution < -0.4 is 0 Å². The molecule has 0 heterocycles. The van der Waals surface area contributed by atoms with Crippen molar-refractivity contribution >= 4 is 0 Å². The average Bonchev–Trinajstić information content (AvgIpc) is 0. The Hall–Kier alpha value is 1.39. The van der Waals surface area contributed by atoms with Crippen molar-refractivity contribution < 1.29 is 48.9 Å². The molecule has 0 aromatic rings. The Morgan fingerprint density at radius 2 is 0.333 bits per heavy atom. The standard InChI is InChI=1S/6CH3.H2O.2Ti/h6*1H3;1H2;;/q6*-1;;2*+3. The molecule has 1 nitrogen and oxygen atoms in total. The predicted molar refractivity (Wildman–Crippen MR) is 42.1 cm³/mol. The molecule has 0 atom stereocenters. The van der Waals surface area contributed by atoms with Crippen LogP contribution in [0.1, 0.15) is 0 Å². The number of hydrogen-bond acceptors (Lipinski definition) is 0. The van der Waals surface area contributed by atoms with Gasteiger partial charge in [-0.1, -0.05) is 0 Å². The largest absolute Gasteiger partial charge is 3.00 e. The molecule has 0 fully saturated rings. The van der Waals surface area contributed by atoms with Crippen LogP contribution in [-0.2, 0) is 43.4 Å². The molecule has 0 saturated heterocycles. The van der Waals surface area contributed by atoms with Gasteiger partial charge in [-0.3, -0.25) is 0 Å². The smallest absolute Gasteiger partial charge is 0.412 e. The Morgan fingerprint density at radius 1 is 0.333 bits per heavy atom. The van der Waals surface area contributed by atoms with Crippen molar-refractivity contribution in [2.45, 2.75) is 0 Å². The van der Waals surface area contributed by atoms with Gasteiger partial charge in [-0.25, -0.2) is 0 Å². The first-order valence-electron chi connectivity index (χ1n) is 0. The van der Waals surface area contributed by atoms with Gasteiger partial charge < -0.3 is 50.0 Å². The Bertz CT molecular complexity index is 11.0. The molecule has 0 aliphatic rings. The van der Waals surface area contributed by atoms with Crippen molar-refractivity contribution in [2.75, 3.05) is 0 Å². The minimum Gasteiger partial charge on any atom is -0.412 e. The van der Waals surface area contributed by atoms with Gasteiger partial charge in [0.1, 0.15) is 0 Å². The van der Waals surface area contributed by atoms with Gasteiger partial charge in [-0.15, -0.1) is 0 Å². The van der Waals surface area contributed by atoms with Crippen molar-refractivity contribution in [3.8, 4) is 0 Å².